The van der Waals surface area contributed by atoms with Crippen molar-refractivity contribution in [2.24, 2.45) is 5.14 Å². The van der Waals surface area contributed by atoms with E-state index < -0.39 is 10.0 Å². The second-order valence-electron chi connectivity index (χ2n) is 6.15. The Morgan fingerprint density at radius 1 is 1.19 bits per heavy atom. The number of nitrogens with two attached hydrogens (primary N) is 1. The van der Waals surface area contributed by atoms with E-state index in [0.717, 1.165) is 11.3 Å². The van der Waals surface area contributed by atoms with Crippen molar-refractivity contribution in [2.45, 2.75) is 24.8 Å². The Hall–Kier alpha value is -3.04. The van der Waals surface area contributed by atoms with E-state index in [1.165, 1.54) is 18.5 Å². The number of aryl methyl sites for hydroxylation is 1. The van der Waals surface area contributed by atoms with Gasteiger partial charge < -0.3 is 5.32 Å². The lowest BCUT2D eigenvalue weighted by Crippen LogP contribution is -2.27. The lowest BCUT2D eigenvalue weighted by Gasteiger charge is -2.16. The third kappa shape index (κ3) is 4.21. The molecule has 9 heteroatoms. The van der Waals surface area contributed by atoms with Crippen molar-refractivity contribution in [3.05, 3.63) is 71.8 Å². The number of benzene rings is 2. The Kier molecular flexibility index (Phi) is 5.06. The Labute approximate surface area is 157 Å². The average molecular weight is 385 g/mol. The van der Waals surface area contributed by atoms with Crippen LogP contribution in [0.15, 0.2) is 60.0 Å². The molecule has 0 aliphatic heterocycles. The maximum absolute atomic E-state index is 12.6. The van der Waals surface area contributed by atoms with Gasteiger partial charge in [-0.2, -0.15) is 5.10 Å². The van der Waals surface area contributed by atoms with Gasteiger partial charge >= 0.3 is 0 Å². The van der Waals surface area contributed by atoms with E-state index in [1.807, 2.05) is 31.2 Å². The summed E-state index contributed by atoms with van der Waals surface area (Å²) in [7, 11) is -3.88. The molecule has 0 radical (unpaired) electrons. The summed E-state index contributed by atoms with van der Waals surface area (Å²) in [4.78, 5) is 16.4. The summed E-state index contributed by atoms with van der Waals surface area (Å²) < 4.78 is 24.7. The SMILES string of the molecule is Cc1ccc(S(N)(=O)=O)cc1C(=O)N[C@H](C)c1ccc(-n2cncn2)cc1. The summed E-state index contributed by atoms with van der Waals surface area (Å²) in [6.45, 7) is 3.58. The third-order valence-electron chi connectivity index (χ3n) is 4.21. The van der Waals surface area contributed by atoms with Crippen LogP contribution in [0.5, 0.6) is 0 Å². The fourth-order valence-corrected chi connectivity index (χ4v) is 3.18. The minimum absolute atomic E-state index is 0.0944. The van der Waals surface area contributed by atoms with Crippen molar-refractivity contribution < 1.29 is 13.2 Å². The molecule has 2 aromatic carbocycles. The molecule has 0 saturated heterocycles. The molecule has 27 heavy (non-hydrogen) atoms. The van der Waals surface area contributed by atoms with Gasteiger partial charge in [-0.05, 0) is 49.2 Å². The number of carbonyl (C=O) groups is 1. The van der Waals surface area contributed by atoms with Crippen molar-refractivity contribution in [3.8, 4) is 5.69 Å². The largest absolute Gasteiger partial charge is 0.346 e. The summed E-state index contributed by atoms with van der Waals surface area (Å²) >= 11 is 0. The zero-order valence-electron chi connectivity index (χ0n) is 14.8. The lowest BCUT2D eigenvalue weighted by atomic mass is 10.1. The maximum atomic E-state index is 12.6. The number of carbonyl (C=O) groups excluding carboxylic acids is 1. The van der Waals surface area contributed by atoms with Crippen LogP contribution in [0.2, 0.25) is 0 Å². The van der Waals surface area contributed by atoms with E-state index in [0.29, 0.717) is 5.56 Å². The number of hydrogen-bond acceptors (Lipinski definition) is 5. The van der Waals surface area contributed by atoms with Crippen LogP contribution < -0.4 is 10.5 Å². The smallest absolute Gasteiger partial charge is 0.252 e. The van der Waals surface area contributed by atoms with E-state index in [4.69, 9.17) is 5.14 Å². The number of nitrogens with zero attached hydrogens (tertiary/aromatic N) is 3. The average Bonchev–Trinajstić information content (AvgIpc) is 3.15. The van der Waals surface area contributed by atoms with E-state index in [2.05, 4.69) is 15.4 Å². The molecule has 0 spiro atoms. The van der Waals surface area contributed by atoms with Crippen molar-refractivity contribution >= 4 is 15.9 Å². The first-order valence-corrected chi connectivity index (χ1v) is 9.69. The number of rotatable bonds is 5. The maximum Gasteiger partial charge on any atom is 0.252 e. The second kappa shape index (κ2) is 7.29. The van der Waals surface area contributed by atoms with E-state index in [-0.39, 0.29) is 22.4 Å². The van der Waals surface area contributed by atoms with E-state index in [9.17, 15) is 13.2 Å². The normalized spacial score (nSPS) is 12.6. The molecule has 0 aliphatic rings. The minimum atomic E-state index is -3.88. The molecular weight excluding hydrogens is 366 g/mol. The zero-order valence-corrected chi connectivity index (χ0v) is 15.6. The zero-order chi connectivity index (χ0) is 19.6. The second-order valence-corrected chi connectivity index (χ2v) is 7.71. The summed E-state index contributed by atoms with van der Waals surface area (Å²) in [6, 6.07) is 11.5. The highest BCUT2D eigenvalue weighted by atomic mass is 32.2. The number of nitrogens with one attached hydrogen (secondary N) is 1. The highest BCUT2D eigenvalue weighted by molar-refractivity contribution is 7.89. The van der Waals surface area contributed by atoms with Crippen LogP contribution in [-0.4, -0.2) is 29.1 Å². The monoisotopic (exact) mass is 385 g/mol. The van der Waals surface area contributed by atoms with Crippen molar-refractivity contribution in [1.29, 1.82) is 0 Å². The Morgan fingerprint density at radius 2 is 1.89 bits per heavy atom. The number of amides is 1. The molecule has 3 aromatic rings. The molecule has 140 valence electrons. The first-order chi connectivity index (χ1) is 12.8. The van der Waals surface area contributed by atoms with Gasteiger partial charge in [0, 0.05) is 5.56 Å². The molecule has 3 N–H and O–H groups in total. The summed E-state index contributed by atoms with van der Waals surface area (Å²) in [5.41, 5.74) is 2.68. The molecule has 0 saturated carbocycles. The van der Waals surface area contributed by atoms with Gasteiger partial charge in [-0.25, -0.2) is 23.2 Å². The highest BCUT2D eigenvalue weighted by Gasteiger charge is 2.17. The van der Waals surface area contributed by atoms with Gasteiger partial charge in [0.25, 0.3) is 5.91 Å². The Bertz CT molecular complexity index is 1060. The van der Waals surface area contributed by atoms with Gasteiger partial charge in [-0.15, -0.1) is 0 Å². The quantitative estimate of drug-likeness (QED) is 0.693. The highest BCUT2D eigenvalue weighted by Crippen LogP contribution is 2.18. The molecule has 0 aliphatic carbocycles. The van der Waals surface area contributed by atoms with E-state index >= 15 is 0 Å². The lowest BCUT2D eigenvalue weighted by molar-refractivity contribution is 0.0939. The van der Waals surface area contributed by atoms with Crippen molar-refractivity contribution in [2.75, 3.05) is 0 Å². The van der Waals surface area contributed by atoms with Crippen LogP contribution in [-0.2, 0) is 10.0 Å². The van der Waals surface area contributed by atoms with Gasteiger partial charge in [0.1, 0.15) is 12.7 Å². The fourth-order valence-electron chi connectivity index (χ4n) is 2.64. The molecule has 0 fully saturated rings. The molecule has 1 atom stereocenters. The molecule has 0 bridgehead atoms. The van der Waals surface area contributed by atoms with Crippen molar-refractivity contribution in [1.82, 2.24) is 20.1 Å². The van der Waals surface area contributed by atoms with Crippen LogP contribution in [0, 0.1) is 6.92 Å². The molecule has 1 heterocycles. The van der Waals surface area contributed by atoms with Gasteiger partial charge in [-0.3, -0.25) is 4.79 Å². The molecule has 1 aromatic heterocycles. The molecular formula is C18H19N5O3S. The number of aromatic nitrogens is 3. The van der Waals surface area contributed by atoms with Crippen molar-refractivity contribution in [3.63, 3.8) is 0 Å². The first kappa shape index (κ1) is 18.7. The number of hydrogen-bond donors (Lipinski definition) is 2. The van der Waals surface area contributed by atoms with Crippen LogP contribution in [0.3, 0.4) is 0 Å². The van der Waals surface area contributed by atoms with Gasteiger partial charge in [-0.1, -0.05) is 18.2 Å². The molecule has 1 amide bonds. The first-order valence-electron chi connectivity index (χ1n) is 8.15. The Balaban J connectivity index is 1.78. The Morgan fingerprint density at radius 3 is 2.48 bits per heavy atom. The third-order valence-corrected chi connectivity index (χ3v) is 5.12. The van der Waals surface area contributed by atoms with Crippen LogP contribution in [0.4, 0.5) is 0 Å². The fraction of sp³-hybridized carbons (Fsp3) is 0.167. The van der Waals surface area contributed by atoms with Gasteiger partial charge in [0.2, 0.25) is 10.0 Å². The van der Waals surface area contributed by atoms with E-state index in [1.54, 1.807) is 24.0 Å². The molecule has 0 unspecified atom stereocenters. The predicted octanol–water partition coefficient (Wildman–Crippen LogP) is 1.71. The van der Waals surface area contributed by atoms with Crippen LogP contribution in [0.25, 0.3) is 5.69 Å². The van der Waals surface area contributed by atoms with Gasteiger partial charge in [0.05, 0.1) is 16.6 Å². The molecule has 8 nitrogen and oxygen atoms in total. The number of sulfonamides is 1. The standard InChI is InChI=1S/C18H19N5O3S/c1-12-3-8-16(27(19,25)26)9-17(12)18(24)22-13(2)14-4-6-15(7-5-14)23-11-20-10-21-23/h3-11,13H,1-2H3,(H,22,24)(H2,19,25,26)/t13-/m1/s1. The van der Waals surface area contributed by atoms with Gasteiger partial charge in [0.15, 0.2) is 0 Å². The summed E-state index contributed by atoms with van der Waals surface area (Å²) in [5, 5.41) is 12.1. The predicted molar refractivity (Wildman–Crippen MR) is 99.8 cm³/mol. The number of primary sulfonamides is 1. The summed E-state index contributed by atoms with van der Waals surface area (Å²) in [5.74, 6) is -0.370. The summed E-state index contributed by atoms with van der Waals surface area (Å²) in [6.07, 6.45) is 3.05. The van der Waals surface area contributed by atoms with Crippen LogP contribution in [0.1, 0.15) is 34.5 Å². The molecule has 3 rings (SSSR count). The van der Waals surface area contributed by atoms with Crippen LogP contribution >= 0.6 is 0 Å². The topological polar surface area (TPSA) is 120 Å². The minimum Gasteiger partial charge on any atom is -0.346 e.